The van der Waals surface area contributed by atoms with Gasteiger partial charge in [0.15, 0.2) is 0 Å². The number of rotatable bonds is 15. The summed E-state index contributed by atoms with van der Waals surface area (Å²) in [6, 6.07) is 0. The van der Waals surface area contributed by atoms with Gasteiger partial charge < -0.3 is 4.74 Å². The molecule has 0 unspecified atom stereocenters. The number of ether oxygens (including phenoxy) is 1. The maximum atomic E-state index is 11.4. The summed E-state index contributed by atoms with van der Waals surface area (Å²) in [5.74, 6) is 0.389. The van der Waals surface area contributed by atoms with E-state index in [2.05, 4.69) is 57.2 Å². The van der Waals surface area contributed by atoms with Gasteiger partial charge in [-0.2, -0.15) is 0 Å². The van der Waals surface area contributed by atoms with Crippen LogP contribution in [0.1, 0.15) is 85.0 Å². The van der Waals surface area contributed by atoms with Crippen molar-refractivity contribution >= 4 is 5.97 Å². The van der Waals surface area contributed by atoms with Gasteiger partial charge >= 0.3 is 5.97 Å². The first-order valence-electron chi connectivity index (χ1n) is 9.77. The topological polar surface area (TPSA) is 26.3 Å². The van der Waals surface area contributed by atoms with Crippen molar-refractivity contribution in [1.29, 1.82) is 0 Å². The largest absolute Gasteiger partial charge is 0.465 e. The Labute approximate surface area is 150 Å². The molecule has 0 heterocycles. The fourth-order valence-corrected chi connectivity index (χ4v) is 2.22. The summed E-state index contributed by atoms with van der Waals surface area (Å²) in [6.45, 7) is 6.83. The monoisotopic (exact) mass is 334 g/mol. The molecule has 0 aromatic heterocycles. The van der Waals surface area contributed by atoms with Crippen molar-refractivity contribution in [2.75, 3.05) is 6.61 Å². The molecule has 0 aromatic carbocycles. The standard InChI is InChI=1S/C22H38O2/c1-4-5-6-7-8-9-10-11-12-13-14-15-16-17-18-19-22(23)24-20-21(2)3/h5-6,8-9,11-12,21H,4,7,10,13-20H2,1-3H3/b6-5+,9-8+,12-11+. The van der Waals surface area contributed by atoms with E-state index < -0.39 is 0 Å². The number of hydrogen-bond donors (Lipinski definition) is 0. The van der Waals surface area contributed by atoms with Gasteiger partial charge in [0.25, 0.3) is 0 Å². The maximum absolute atomic E-state index is 11.4. The third kappa shape index (κ3) is 18.7. The quantitative estimate of drug-likeness (QED) is 0.187. The highest BCUT2D eigenvalue weighted by molar-refractivity contribution is 5.69. The number of carbonyl (C=O) groups excluding carboxylic acids is 1. The zero-order valence-electron chi connectivity index (χ0n) is 16.1. The van der Waals surface area contributed by atoms with Crippen LogP contribution in [0.25, 0.3) is 0 Å². The highest BCUT2D eigenvalue weighted by Crippen LogP contribution is 2.09. The van der Waals surface area contributed by atoms with Crippen LogP contribution in [0.15, 0.2) is 36.5 Å². The van der Waals surface area contributed by atoms with Crippen LogP contribution in [0.3, 0.4) is 0 Å². The molecule has 0 amide bonds. The minimum absolute atomic E-state index is 0.0372. The first kappa shape index (κ1) is 22.7. The van der Waals surface area contributed by atoms with E-state index >= 15 is 0 Å². The smallest absolute Gasteiger partial charge is 0.305 e. The lowest BCUT2D eigenvalue weighted by molar-refractivity contribution is -0.144. The molecule has 24 heavy (non-hydrogen) atoms. The zero-order valence-corrected chi connectivity index (χ0v) is 16.1. The summed E-state index contributed by atoms with van der Waals surface area (Å²) in [6.07, 6.45) is 24.2. The summed E-state index contributed by atoms with van der Waals surface area (Å²) in [4.78, 5) is 11.4. The molecule has 0 saturated heterocycles. The molecule has 0 aliphatic heterocycles. The Balaban J connectivity index is 3.31. The minimum atomic E-state index is -0.0372. The van der Waals surface area contributed by atoms with Crippen molar-refractivity contribution in [2.24, 2.45) is 5.92 Å². The van der Waals surface area contributed by atoms with Gasteiger partial charge in [0.05, 0.1) is 6.61 Å². The molecule has 0 spiro atoms. The molecular weight excluding hydrogens is 296 g/mol. The summed E-state index contributed by atoms with van der Waals surface area (Å²) in [7, 11) is 0. The zero-order chi connectivity index (χ0) is 17.9. The van der Waals surface area contributed by atoms with E-state index in [1.807, 2.05) is 0 Å². The van der Waals surface area contributed by atoms with Crippen LogP contribution in [-0.4, -0.2) is 12.6 Å². The SMILES string of the molecule is CC/C=C/C/C=C/C/C=C/CCCCCCCC(=O)OCC(C)C. The lowest BCUT2D eigenvalue weighted by Crippen LogP contribution is -2.09. The summed E-state index contributed by atoms with van der Waals surface area (Å²) in [5, 5.41) is 0. The molecule has 0 rings (SSSR count). The number of carbonyl (C=O) groups is 1. The van der Waals surface area contributed by atoms with Crippen LogP contribution in [0.4, 0.5) is 0 Å². The van der Waals surface area contributed by atoms with E-state index in [1.54, 1.807) is 0 Å². The Bertz CT molecular complexity index is 364. The van der Waals surface area contributed by atoms with Crippen LogP contribution in [0.2, 0.25) is 0 Å². The third-order valence-electron chi connectivity index (χ3n) is 3.61. The van der Waals surface area contributed by atoms with Gasteiger partial charge in [-0.15, -0.1) is 0 Å². The van der Waals surface area contributed by atoms with Gasteiger partial charge in [0.1, 0.15) is 0 Å². The van der Waals surface area contributed by atoms with Crippen LogP contribution in [-0.2, 0) is 9.53 Å². The fourth-order valence-electron chi connectivity index (χ4n) is 2.22. The number of allylic oxidation sites excluding steroid dienone is 6. The van der Waals surface area contributed by atoms with Crippen LogP contribution < -0.4 is 0 Å². The Morgan fingerprint density at radius 2 is 1.42 bits per heavy atom. The lowest BCUT2D eigenvalue weighted by Gasteiger charge is -2.06. The average molecular weight is 335 g/mol. The Hall–Kier alpha value is -1.31. The van der Waals surface area contributed by atoms with Crippen molar-refractivity contribution in [2.45, 2.75) is 85.0 Å². The summed E-state index contributed by atoms with van der Waals surface area (Å²) < 4.78 is 5.17. The number of esters is 1. The average Bonchev–Trinajstić information content (AvgIpc) is 2.56. The maximum Gasteiger partial charge on any atom is 0.305 e. The molecule has 0 atom stereocenters. The minimum Gasteiger partial charge on any atom is -0.465 e. The van der Waals surface area contributed by atoms with E-state index in [0.717, 1.165) is 32.1 Å². The molecule has 0 aromatic rings. The Morgan fingerprint density at radius 1 is 0.833 bits per heavy atom. The highest BCUT2D eigenvalue weighted by Gasteiger charge is 2.03. The molecule has 0 fully saturated rings. The second-order valence-electron chi connectivity index (χ2n) is 6.68. The molecule has 2 heteroatoms. The van der Waals surface area contributed by atoms with E-state index in [1.165, 1.54) is 25.7 Å². The predicted molar refractivity (Wildman–Crippen MR) is 105 cm³/mol. The van der Waals surface area contributed by atoms with Crippen molar-refractivity contribution in [3.63, 3.8) is 0 Å². The van der Waals surface area contributed by atoms with E-state index in [-0.39, 0.29) is 5.97 Å². The highest BCUT2D eigenvalue weighted by atomic mass is 16.5. The first-order chi connectivity index (χ1) is 11.7. The molecule has 0 bridgehead atoms. The molecule has 0 aliphatic rings. The molecule has 0 N–H and O–H groups in total. The molecule has 0 saturated carbocycles. The number of hydrogen-bond acceptors (Lipinski definition) is 2. The third-order valence-corrected chi connectivity index (χ3v) is 3.61. The lowest BCUT2D eigenvalue weighted by atomic mass is 10.1. The van der Waals surface area contributed by atoms with Crippen LogP contribution in [0, 0.1) is 5.92 Å². The second-order valence-corrected chi connectivity index (χ2v) is 6.68. The first-order valence-corrected chi connectivity index (χ1v) is 9.77. The van der Waals surface area contributed by atoms with Gasteiger partial charge in [-0.05, 0) is 44.4 Å². The Kier molecular flexibility index (Phi) is 17.1. The molecule has 138 valence electrons. The molecule has 0 aliphatic carbocycles. The van der Waals surface area contributed by atoms with Crippen molar-refractivity contribution < 1.29 is 9.53 Å². The number of unbranched alkanes of at least 4 members (excludes halogenated alkanes) is 5. The van der Waals surface area contributed by atoms with Crippen molar-refractivity contribution in [1.82, 2.24) is 0 Å². The van der Waals surface area contributed by atoms with Crippen LogP contribution in [0.5, 0.6) is 0 Å². The molecule has 0 radical (unpaired) electrons. The summed E-state index contributed by atoms with van der Waals surface area (Å²) in [5.41, 5.74) is 0. The second kappa shape index (κ2) is 18.0. The normalized spacial score (nSPS) is 12.2. The van der Waals surface area contributed by atoms with E-state index in [0.29, 0.717) is 18.9 Å². The predicted octanol–water partition coefficient (Wildman–Crippen LogP) is 6.78. The van der Waals surface area contributed by atoms with Crippen molar-refractivity contribution in [3.8, 4) is 0 Å². The van der Waals surface area contributed by atoms with Gasteiger partial charge in [-0.3, -0.25) is 4.79 Å². The summed E-state index contributed by atoms with van der Waals surface area (Å²) >= 11 is 0. The van der Waals surface area contributed by atoms with Crippen molar-refractivity contribution in [3.05, 3.63) is 36.5 Å². The molecular formula is C22H38O2. The van der Waals surface area contributed by atoms with Gasteiger partial charge in [-0.25, -0.2) is 0 Å². The fraction of sp³-hybridized carbons (Fsp3) is 0.682. The van der Waals surface area contributed by atoms with Gasteiger partial charge in [0.2, 0.25) is 0 Å². The van der Waals surface area contributed by atoms with Crippen LogP contribution >= 0.6 is 0 Å². The van der Waals surface area contributed by atoms with E-state index in [4.69, 9.17) is 4.74 Å². The van der Waals surface area contributed by atoms with Gasteiger partial charge in [-0.1, -0.05) is 76.5 Å². The van der Waals surface area contributed by atoms with Gasteiger partial charge in [0, 0.05) is 6.42 Å². The van der Waals surface area contributed by atoms with E-state index in [9.17, 15) is 4.79 Å². The molecule has 2 nitrogen and oxygen atoms in total. The Morgan fingerprint density at radius 3 is 2.08 bits per heavy atom.